The zero-order chi connectivity index (χ0) is 66.8. The van der Waals surface area contributed by atoms with E-state index < -0.39 is 15.1 Å². The van der Waals surface area contributed by atoms with Gasteiger partial charge in [-0.3, -0.25) is 50.2 Å². The van der Waals surface area contributed by atoms with Crippen LogP contribution < -0.4 is 5.73 Å². The highest BCUT2D eigenvalue weighted by Crippen LogP contribution is 2.36. The van der Waals surface area contributed by atoms with Crippen LogP contribution in [-0.4, -0.2) is 73.9 Å². The predicted octanol–water partition coefficient (Wildman–Crippen LogP) is 17.5. The molecule has 25 nitrogen and oxygen atoms in total. The quantitative estimate of drug-likeness (QED) is 0.0416. The molecule has 3 saturated carbocycles. The third-order valence-electron chi connectivity index (χ3n) is 16.2. The molecule has 0 amide bonds. The van der Waals surface area contributed by atoms with Gasteiger partial charge >= 0.3 is 0 Å². The number of nitrogens with one attached hydrogen (secondary N) is 1. The number of carbonyl (C=O) groups excluding carboxylic acids is 1. The van der Waals surface area contributed by atoms with Crippen LogP contribution >= 0.6 is 34.8 Å². The Morgan fingerprint density at radius 3 is 1.24 bits per heavy atom. The lowest BCUT2D eigenvalue weighted by Crippen LogP contribution is -2.10. The van der Waals surface area contributed by atoms with E-state index in [1.54, 1.807) is 43.1 Å². The molecule has 0 radical (unpaired) electrons. The molecule has 0 bridgehead atoms. The van der Waals surface area contributed by atoms with Crippen LogP contribution in [0.25, 0.3) is 34.4 Å². The molecule has 94 heavy (non-hydrogen) atoms. The maximum absolute atomic E-state index is 11.3. The van der Waals surface area contributed by atoms with Crippen molar-refractivity contribution in [3.8, 4) is 34.4 Å². The molecular formula is C66H70Cl3N13O12. The first-order valence-electron chi connectivity index (χ1n) is 30.6. The molecule has 28 heteroatoms. The number of rotatable bonds is 15. The molecule has 3 fully saturated rings. The van der Waals surface area contributed by atoms with E-state index in [2.05, 4.69) is 52.5 Å². The van der Waals surface area contributed by atoms with Gasteiger partial charge < -0.3 is 19.0 Å². The Bertz CT molecular complexity index is 3860. The van der Waals surface area contributed by atoms with Crippen LogP contribution in [0.2, 0.25) is 10.0 Å². The number of carbonyl (C=O) groups is 1. The van der Waals surface area contributed by atoms with Gasteiger partial charge in [0.1, 0.15) is 35.2 Å². The number of anilines is 1. The lowest BCUT2D eigenvalue weighted by molar-refractivity contribution is -0.385. The number of oxazole rings is 3. The highest BCUT2D eigenvalue weighted by molar-refractivity contribution is 6.67. The summed E-state index contributed by atoms with van der Waals surface area (Å²) >= 11 is 16.3. The Kier molecular flexibility index (Phi) is 26.7. The number of hydrogen-bond donors (Lipinski definition) is 2. The summed E-state index contributed by atoms with van der Waals surface area (Å²) in [6, 6.07) is 25.0. The molecule has 4 aliphatic rings. The molecule has 5 heterocycles. The lowest BCUT2D eigenvalue weighted by Gasteiger charge is -2.22. The number of aromatic amines is 1. The molecule has 0 spiro atoms. The Morgan fingerprint density at radius 1 is 0.500 bits per heavy atom. The summed E-state index contributed by atoms with van der Waals surface area (Å²) in [5.74, 6) is 3.43. The number of nitrogens with two attached hydrogens (primary N) is 1. The number of nitro groups is 4. The summed E-state index contributed by atoms with van der Waals surface area (Å²) in [5.41, 5.74) is 13.6. The lowest BCUT2D eigenvalue weighted by atomic mass is 9.84. The van der Waals surface area contributed by atoms with Gasteiger partial charge in [0.15, 0.2) is 0 Å². The molecule has 1 aliphatic heterocycles. The topological polar surface area (TPSA) is 360 Å². The van der Waals surface area contributed by atoms with Crippen LogP contribution in [0.5, 0.6) is 0 Å². The number of nitrogens with zero attached hydrogens (tertiary/aromatic N) is 11. The first kappa shape index (κ1) is 70.0. The number of hydrogen-bond acceptors (Lipinski definition) is 20. The minimum absolute atomic E-state index is 0. The summed E-state index contributed by atoms with van der Waals surface area (Å²) in [4.78, 5) is 72.7. The van der Waals surface area contributed by atoms with Gasteiger partial charge in [0.25, 0.3) is 28.0 Å². The number of aromatic nitrogens is 6. The van der Waals surface area contributed by atoms with Gasteiger partial charge in [-0.15, -0.1) is 0 Å². The van der Waals surface area contributed by atoms with E-state index in [1.165, 1.54) is 157 Å². The third kappa shape index (κ3) is 21.1. The third-order valence-corrected chi connectivity index (χ3v) is 17.0. The van der Waals surface area contributed by atoms with E-state index in [0.29, 0.717) is 52.7 Å². The summed E-state index contributed by atoms with van der Waals surface area (Å²) in [7, 11) is 0. The largest absolute Gasteiger partial charge is 0.445 e. The second-order valence-electron chi connectivity index (χ2n) is 22.6. The number of H-pyrrole nitrogens is 1. The van der Waals surface area contributed by atoms with Gasteiger partial charge in [0, 0.05) is 70.3 Å². The van der Waals surface area contributed by atoms with E-state index in [-0.39, 0.29) is 49.6 Å². The fraction of sp³-hybridized carbons (Fsp3) is 0.333. The summed E-state index contributed by atoms with van der Waals surface area (Å²) in [6.45, 7) is 0.457. The summed E-state index contributed by atoms with van der Waals surface area (Å²) in [6.07, 6.45) is 35.7. The zero-order valence-electron chi connectivity index (χ0n) is 51.1. The van der Waals surface area contributed by atoms with Gasteiger partial charge in [0.05, 0.1) is 62.9 Å². The molecule has 0 atom stereocenters. The normalized spacial score (nSPS) is 14.5. The standard InChI is InChI=1S/2C16H18N2O3.C16H20N2O.C9H6ClN3O2.C7H3Cl2NO3.C2H3N3.H2/c2*19-18(20)15-11-14(16-17-8-9-21-16)7-6-13(15)10-12-4-2-1-3-5-12;17-15-11-14(16-18-8-9-19-16)7-6-13(15)10-12-4-2-1-3-5-12;10-7-2-1-6(3-9(7)13(14)15)8-4-11-5-12-8;8-5-2-1-4(7(9)11)3-6(5)10(12)13;1-2-4-5-3-1;/h2*6-9,11-12H,1-5,10H2;6-9,11-12H,1-5,10,17H2;1-3,5H,4H2;1-3H;1-2H,(H,3,4,5);1H. The Morgan fingerprint density at radius 2 is 0.883 bits per heavy atom. The molecule has 492 valence electrons. The summed E-state index contributed by atoms with van der Waals surface area (Å²) in [5, 5.41) is 52.4. The maximum Gasteiger partial charge on any atom is 0.288 e. The van der Waals surface area contributed by atoms with E-state index in [9.17, 15) is 45.3 Å². The van der Waals surface area contributed by atoms with Gasteiger partial charge in [-0.25, -0.2) is 19.9 Å². The maximum atomic E-state index is 11.3. The Labute approximate surface area is 556 Å². The molecule has 9 aromatic rings. The highest BCUT2D eigenvalue weighted by Gasteiger charge is 2.25. The number of benzene rings is 5. The molecule has 3 aliphatic carbocycles. The average Bonchev–Trinajstić information content (AvgIpc) is 1.62. The number of nitro benzene ring substituents is 4. The molecule has 0 unspecified atom stereocenters. The second kappa shape index (κ2) is 35.8. The minimum atomic E-state index is -0.750. The van der Waals surface area contributed by atoms with Crippen molar-refractivity contribution in [2.75, 3.05) is 12.3 Å². The fourth-order valence-corrected chi connectivity index (χ4v) is 11.9. The summed E-state index contributed by atoms with van der Waals surface area (Å²) < 4.78 is 15.7. The van der Waals surface area contributed by atoms with Gasteiger partial charge in [-0.05, 0) is 96.6 Å². The zero-order valence-corrected chi connectivity index (χ0v) is 53.3. The smallest absolute Gasteiger partial charge is 0.288 e. The Balaban J connectivity index is 0.000000166. The number of halogens is 3. The molecule has 13 rings (SSSR count). The number of aliphatic imine (C=N–C) groups is 2. The Hall–Kier alpha value is -9.85. The van der Waals surface area contributed by atoms with Crippen molar-refractivity contribution in [3.63, 3.8) is 0 Å². The molecule has 3 N–H and O–H groups in total. The van der Waals surface area contributed by atoms with Gasteiger partial charge in [0.2, 0.25) is 17.7 Å². The monoisotopic (exact) mass is 1340 g/mol. The van der Waals surface area contributed by atoms with Crippen LogP contribution in [0, 0.1) is 58.2 Å². The SMILES string of the molecule is Nc1cc(-c2ncco2)ccc1CC1CCCCC1.O=C(Cl)c1ccc(Cl)c([N+](=O)[O-])c1.O=[N+]([O-])c1cc(-c2ncco2)ccc1CC1CCCCC1.O=[N+]([O-])c1cc(-c2ncco2)ccc1CC1CCCCC1.O=[N+]([O-])c1cc(C2=NC=NC2)ccc1Cl.[HH].c1cn[nH]n1. The average molecular weight is 1340 g/mol. The van der Waals surface area contributed by atoms with Crippen molar-refractivity contribution in [3.05, 3.63) is 219 Å². The predicted molar refractivity (Wildman–Crippen MR) is 359 cm³/mol. The van der Waals surface area contributed by atoms with Crippen LogP contribution in [-0.2, 0) is 19.3 Å². The fourth-order valence-electron chi connectivity index (χ4n) is 11.4. The van der Waals surface area contributed by atoms with E-state index in [1.807, 2.05) is 30.3 Å². The minimum Gasteiger partial charge on any atom is -0.445 e. The number of nitrogen functional groups attached to an aromatic ring is 1. The van der Waals surface area contributed by atoms with E-state index in [4.69, 9.17) is 53.8 Å². The van der Waals surface area contributed by atoms with Crippen molar-refractivity contribution < 1.29 is 39.2 Å². The van der Waals surface area contributed by atoms with Crippen molar-refractivity contribution in [1.82, 2.24) is 30.4 Å². The van der Waals surface area contributed by atoms with Crippen molar-refractivity contribution >= 4 is 80.5 Å². The van der Waals surface area contributed by atoms with E-state index >= 15 is 0 Å². The van der Waals surface area contributed by atoms with Crippen molar-refractivity contribution in [2.24, 2.45) is 27.7 Å². The molecule has 0 saturated heterocycles. The molecule has 4 aromatic heterocycles. The van der Waals surface area contributed by atoms with Crippen LogP contribution in [0.4, 0.5) is 28.4 Å². The highest BCUT2D eigenvalue weighted by atomic mass is 35.5. The molecular weight excluding hydrogens is 1270 g/mol. The van der Waals surface area contributed by atoms with Crippen molar-refractivity contribution in [1.29, 1.82) is 0 Å². The molecule has 5 aromatic carbocycles. The van der Waals surface area contributed by atoms with Crippen LogP contribution in [0.1, 0.15) is 130 Å². The van der Waals surface area contributed by atoms with Gasteiger partial charge in [-0.2, -0.15) is 15.4 Å². The van der Waals surface area contributed by atoms with E-state index in [0.717, 1.165) is 59.3 Å². The van der Waals surface area contributed by atoms with Crippen LogP contribution in [0.3, 0.4) is 0 Å². The first-order chi connectivity index (χ1) is 45.5. The first-order valence-corrected chi connectivity index (χ1v) is 31.7. The van der Waals surface area contributed by atoms with Crippen LogP contribution in [0.15, 0.2) is 164 Å². The van der Waals surface area contributed by atoms with Gasteiger partial charge in [-0.1, -0.05) is 144 Å². The van der Waals surface area contributed by atoms with Crippen molar-refractivity contribution in [2.45, 2.75) is 116 Å². The second-order valence-corrected chi connectivity index (χ2v) is 23.7.